The summed E-state index contributed by atoms with van der Waals surface area (Å²) in [5.74, 6) is -0.830. The van der Waals surface area contributed by atoms with Crippen LogP contribution in [0.4, 0.5) is 0 Å². The maximum Gasteiger partial charge on any atom is 0.306 e. The molecule has 3 unspecified atom stereocenters. The molecule has 0 saturated heterocycles. The number of aliphatic carboxylic acids is 1. The topological polar surface area (TPSA) is 62.2 Å². The van der Waals surface area contributed by atoms with Gasteiger partial charge in [0.2, 0.25) is 0 Å². The Morgan fingerprint density at radius 2 is 2.47 bits per heavy atom. The van der Waals surface area contributed by atoms with Crippen molar-refractivity contribution in [1.82, 2.24) is 10.3 Å². The van der Waals surface area contributed by atoms with E-state index < -0.39 is 5.97 Å². The molecule has 0 bridgehead atoms. The highest BCUT2D eigenvalue weighted by atomic mass is 32.1. The first-order chi connectivity index (χ1) is 8.16. The van der Waals surface area contributed by atoms with Gasteiger partial charge in [0.25, 0.3) is 0 Å². The summed E-state index contributed by atoms with van der Waals surface area (Å²) in [6.45, 7) is 2.09. The summed E-state index contributed by atoms with van der Waals surface area (Å²) < 4.78 is 0. The zero-order valence-electron chi connectivity index (χ0n) is 9.93. The van der Waals surface area contributed by atoms with Crippen LogP contribution in [0.15, 0.2) is 11.6 Å². The van der Waals surface area contributed by atoms with E-state index in [1.54, 1.807) is 17.5 Å². The number of nitrogens with one attached hydrogen (secondary N) is 1. The fourth-order valence-electron chi connectivity index (χ4n) is 2.44. The summed E-state index contributed by atoms with van der Waals surface area (Å²) in [5, 5.41) is 15.6. The molecule has 17 heavy (non-hydrogen) atoms. The van der Waals surface area contributed by atoms with E-state index in [1.165, 1.54) is 0 Å². The van der Waals surface area contributed by atoms with Gasteiger partial charge in [0, 0.05) is 17.6 Å². The highest BCUT2D eigenvalue weighted by molar-refractivity contribution is 7.09. The summed E-state index contributed by atoms with van der Waals surface area (Å²) in [7, 11) is 0. The van der Waals surface area contributed by atoms with Crippen LogP contribution in [0.1, 0.15) is 43.7 Å². The lowest BCUT2D eigenvalue weighted by Crippen LogP contribution is -2.37. The van der Waals surface area contributed by atoms with Crippen molar-refractivity contribution in [3.63, 3.8) is 0 Å². The summed E-state index contributed by atoms with van der Waals surface area (Å²) in [4.78, 5) is 15.3. The first kappa shape index (κ1) is 12.5. The van der Waals surface area contributed by atoms with Crippen LogP contribution in [0.3, 0.4) is 0 Å². The second kappa shape index (κ2) is 5.60. The van der Waals surface area contributed by atoms with Gasteiger partial charge in [-0.25, -0.2) is 4.98 Å². The van der Waals surface area contributed by atoms with Crippen molar-refractivity contribution < 1.29 is 9.90 Å². The number of nitrogens with zero attached hydrogens (tertiary/aromatic N) is 1. The van der Waals surface area contributed by atoms with Gasteiger partial charge >= 0.3 is 5.97 Å². The van der Waals surface area contributed by atoms with Gasteiger partial charge in [-0.3, -0.25) is 4.79 Å². The molecule has 2 rings (SSSR count). The third-order valence-electron chi connectivity index (χ3n) is 3.33. The second-order valence-electron chi connectivity index (χ2n) is 4.66. The van der Waals surface area contributed by atoms with Crippen LogP contribution in [0.5, 0.6) is 0 Å². The molecule has 0 radical (unpaired) electrons. The van der Waals surface area contributed by atoms with Gasteiger partial charge in [-0.15, -0.1) is 11.3 Å². The van der Waals surface area contributed by atoms with E-state index >= 15 is 0 Å². The largest absolute Gasteiger partial charge is 0.481 e. The Morgan fingerprint density at radius 3 is 3.12 bits per heavy atom. The zero-order chi connectivity index (χ0) is 12.3. The number of rotatable bonds is 4. The van der Waals surface area contributed by atoms with E-state index in [2.05, 4.69) is 17.2 Å². The fraction of sp³-hybridized carbons (Fsp3) is 0.667. The molecule has 3 atom stereocenters. The van der Waals surface area contributed by atoms with Gasteiger partial charge in [-0.1, -0.05) is 6.42 Å². The number of aromatic nitrogens is 1. The third-order valence-corrected chi connectivity index (χ3v) is 4.29. The van der Waals surface area contributed by atoms with Crippen LogP contribution in [-0.2, 0) is 4.79 Å². The monoisotopic (exact) mass is 254 g/mol. The van der Waals surface area contributed by atoms with Crippen molar-refractivity contribution in [1.29, 1.82) is 0 Å². The summed E-state index contributed by atoms with van der Waals surface area (Å²) in [6.07, 6.45) is 5.43. The van der Waals surface area contributed by atoms with E-state index in [1.807, 2.05) is 5.38 Å². The molecule has 1 heterocycles. The predicted octanol–water partition coefficient (Wildman–Crippen LogP) is 2.44. The molecule has 1 saturated carbocycles. The van der Waals surface area contributed by atoms with E-state index in [9.17, 15) is 4.79 Å². The Balaban J connectivity index is 1.88. The van der Waals surface area contributed by atoms with Crippen LogP contribution < -0.4 is 5.32 Å². The van der Waals surface area contributed by atoms with Gasteiger partial charge in [0.05, 0.1) is 12.0 Å². The molecule has 0 spiro atoms. The average molecular weight is 254 g/mol. The Morgan fingerprint density at radius 1 is 1.65 bits per heavy atom. The molecule has 1 aliphatic rings. The smallest absolute Gasteiger partial charge is 0.306 e. The molecule has 0 amide bonds. The van der Waals surface area contributed by atoms with Crippen molar-refractivity contribution in [2.75, 3.05) is 0 Å². The maximum absolute atomic E-state index is 11.0. The van der Waals surface area contributed by atoms with Crippen molar-refractivity contribution >= 4 is 17.3 Å². The van der Waals surface area contributed by atoms with E-state index in [0.717, 1.165) is 30.7 Å². The molecule has 1 aromatic heterocycles. The normalized spacial score (nSPS) is 26.6. The van der Waals surface area contributed by atoms with Gasteiger partial charge < -0.3 is 10.4 Å². The van der Waals surface area contributed by atoms with E-state index in [-0.39, 0.29) is 12.0 Å². The van der Waals surface area contributed by atoms with Crippen molar-refractivity contribution in [2.45, 2.75) is 44.7 Å². The Labute approximate surface area is 105 Å². The number of carbonyl (C=O) groups is 1. The molecule has 5 heteroatoms. The summed E-state index contributed by atoms with van der Waals surface area (Å²) in [6, 6.07) is 0.524. The van der Waals surface area contributed by atoms with Gasteiger partial charge in [-0.05, 0) is 26.2 Å². The number of carboxylic acid groups (broad SMARTS) is 1. The molecule has 1 aliphatic carbocycles. The third kappa shape index (κ3) is 3.26. The Kier molecular flexibility index (Phi) is 4.12. The van der Waals surface area contributed by atoms with Crippen LogP contribution in [0, 0.1) is 5.92 Å². The lowest BCUT2D eigenvalue weighted by atomic mass is 9.85. The molecule has 4 nitrogen and oxygen atoms in total. The molecule has 0 aliphatic heterocycles. The van der Waals surface area contributed by atoms with Gasteiger partial charge in [0.1, 0.15) is 5.01 Å². The predicted molar refractivity (Wildman–Crippen MR) is 67.0 cm³/mol. The molecule has 2 N–H and O–H groups in total. The molecular formula is C12H18N2O2S. The number of carboxylic acids is 1. The highest BCUT2D eigenvalue weighted by Crippen LogP contribution is 2.26. The second-order valence-corrected chi connectivity index (χ2v) is 5.58. The fourth-order valence-corrected chi connectivity index (χ4v) is 3.09. The minimum Gasteiger partial charge on any atom is -0.481 e. The summed E-state index contributed by atoms with van der Waals surface area (Å²) in [5.41, 5.74) is 0. The Hall–Kier alpha value is -0.940. The lowest BCUT2D eigenvalue weighted by molar-refractivity contribution is -0.143. The van der Waals surface area contributed by atoms with Crippen LogP contribution in [0.2, 0.25) is 0 Å². The highest BCUT2D eigenvalue weighted by Gasteiger charge is 2.27. The van der Waals surface area contributed by atoms with Crippen molar-refractivity contribution in [3.8, 4) is 0 Å². The Bertz CT molecular complexity index is 367. The molecule has 1 fully saturated rings. The van der Waals surface area contributed by atoms with Crippen molar-refractivity contribution in [3.05, 3.63) is 16.6 Å². The number of hydrogen-bond donors (Lipinski definition) is 2. The van der Waals surface area contributed by atoms with Crippen LogP contribution >= 0.6 is 11.3 Å². The minimum atomic E-state index is -0.654. The maximum atomic E-state index is 11.0. The molecule has 1 aromatic rings. The van der Waals surface area contributed by atoms with Crippen LogP contribution in [-0.4, -0.2) is 22.1 Å². The van der Waals surface area contributed by atoms with Gasteiger partial charge in [0.15, 0.2) is 0 Å². The van der Waals surface area contributed by atoms with Crippen LogP contribution in [0.25, 0.3) is 0 Å². The zero-order valence-corrected chi connectivity index (χ0v) is 10.7. The average Bonchev–Trinajstić information content (AvgIpc) is 2.82. The van der Waals surface area contributed by atoms with E-state index in [4.69, 9.17) is 5.11 Å². The van der Waals surface area contributed by atoms with E-state index in [0.29, 0.717) is 6.04 Å². The van der Waals surface area contributed by atoms with Gasteiger partial charge in [-0.2, -0.15) is 0 Å². The minimum absolute atomic E-state index is 0.176. The molecular weight excluding hydrogens is 236 g/mol. The lowest BCUT2D eigenvalue weighted by Gasteiger charge is -2.29. The molecule has 94 valence electrons. The SMILES string of the molecule is CC(NC1CCCC(C(=O)O)C1)c1nccs1. The van der Waals surface area contributed by atoms with Crippen molar-refractivity contribution in [2.24, 2.45) is 5.92 Å². The number of thiazole rings is 1. The standard InChI is InChI=1S/C12H18N2O2S/c1-8(11-13-5-6-17-11)14-10-4-2-3-9(7-10)12(15)16/h5-6,8-10,14H,2-4,7H2,1H3,(H,15,16). The number of hydrogen-bond acceptors (Lipinski definition) is 4. The molecule has 0 aromatic carbocycles. The quantitative estimate of drug-likeness (QED) is 0.866. The first-order valence-corrected chi connectivity index (χ1v) is 6.93. The first-order valence-electron chi connectivity index (χ1n) is 6.05. The summed E-state index contributed by atoms with van der Waals surface area (Å²) >= 11 is 1.64.